The van der Waals surface area contributed by atoms with Crippen LogP contribution in [0.5, 0.6) is 5.75 Å². The molecule has 2 heteroatoms. The molecule has 1 heterocycles. The van der Waals surface area contributed by atoms with E-state index < -0.39 is 0 Å². The van der Waals surface area contributed by atoms with Crippen molar-refractivity contribution in [3.05, 3.63) is 29.3 Å². The highest BCUT2D eigenvalue weighted by Crippen LogP contribution is 2.47. The average Bonchev–Trinajstić information content (AvgIpc) is 2.43. The first-order valence-electron chi connectivity index (χ1n) is 8.17. The first-order chi connectivity index (χ1) is 9.62. The zero-order valence-electron chi connectivity index (χ0n) is 12.8. The maximum absolute atomic E-state index is 6.43. The van der Waals surface area contributed by atoms with Gasteiger partial charge in [-0.2, -0.15) is 0 Å². The summed E-state index contributed by atoms with van der Waals surface area (Å²) in [5, 5.41) is 0. The molecule has 1 aromatic rings. The number of benzene rings is 1. The van der Waals surface area contributed by atoms with Crippen LogP contribution in [0.2, 0.25) is 0 Å². The van der Waals surface area contributed by atoms with Crippen molar-refractivity contribution in [2.24, 2.45) is 11.7 Å². The van der Waals surface area contributed by atoms with E-state index in [1.54, 1.807) is 0 Å². The number of ether oxygens (including phenoxy) is 1. The van der Waals surface area contributed by atoms with E-state index in [0.29, 0.717) is 0 Å². The summed E-state index contributed by atoms with van der Waals surface area (Å²) in [5.74, 6) is 1.94. The predicted molar refractivity (Wildman–Crippen MR) is 82.9 cm³/mol. The van der Waals surface area contributed by atoms with Crippen molar-refractivity contribution < 1.29 is 4.74 Å². The average molecular weight is 273 g/mol. The third-order valence-electron chi connectivity index (χ3n) is 5.20. The minimum Gasteiger partial charge on any atom is -0.487 e. The highest BCUT2D eigenvalue weighted by atomic mass is 16.5. The molecule has 0 aromatic heterocycles. The molecular weight excluding hydrogens is 246 g/mol. The topological polar surface area (TPSA) is 35.2 Å². The molecule has 0 radical (unpaired) electrons. The number of fused-ring (bicyclic) bond motifs is 1. The first kappa shape index (κ1) is 13.9. The second kappa shape index (κ2) is 5.40. The van der Waals surface area contributed by atoms with Crippen molar-refractivity contribution in [1.82, 2.24) is 0 Å². The van der Waals surface area contributed by atoms with Gasteiger partial charge >= 0.3 is 0 Å². The predicted octanol–water partition coefficient (Wildman–Crippen LogP) is 4.51. The molecule has 0 saturated heterocycles. The van der Waals surface area contributed by atoms with Gasteiger partial charge < -0.3 is 10.5 Å². The van der Waals surface area contributed by atoms with E-state index in [1.807, 2.05) is 0 Å². The van der Waals surface area contributed by atoms with Gasteiger partial charge in [-0.1, -0.05) is 37.5 Å². The molecule has 1 fully saturated rings. The number of nitrogens with two attached hydrogens (primary N) is 1. The van der Waals surface area contributed by atoms with E-state index in [2.05, 4.69) is 32.0 Å². The third-order valence-corrected chi connectivity index (χ3v) is 5.20. The Morgan fingerprint density at radius 1 is 1.30 bits per heavy atom. The standard InChI is InChI=1S/C18H27NO/c1-3-4-14-7-9-18(10-8-14)12-16(19)15-11-13(2)5-6-17(15)20-18/h5-6,11,14,16H,3-4,7-10,12,19H2,1-2H3/t14?,16-,18?/m0/s1. The zero-order chi connectivity index (χ0) is 14.2. The van der Waals surface area contributed by atoms with Crippen LogP contribution in [0.3, 0.4) is 0 Å². The van der Waals surface area contributed by atoms with Crippen molar-refractivity contribution in [2.45, 2.75) is 70.4 Å². The summed E-state index contributed by atoms with van der Waals surface area (Å²) >= 11 is 0. The molecule has 1 spiro atoms. The number of rotatable bonds is 2. The zero-order valence-corrected chi connectivity index (χ0v) is 12.8. The minimum atomic E-state index is 0.0198. The molecule has 1 atom stereocenters. The van der Waals surface area contributed by atoms with Gasteiger partial charge in [0.1, 0.15) is 11.4 Å². The lowest BCUT2D eigenvalue weighted by molar-refractivity contribution is -0.0116. The largest absolute Gasteiger partial charge is 0.487 e. The Labute approximate surface area is 122 Å². The Bertz CT molecular complexity index is 474. The van der Waals surface area contributed by atoms with Gasteiger partial charge in [-0.3, -0.25) is 0 Å². The van der Waals surface area contributed by atoms with Crippen molar-refractivity contribution >= 4 is 0 Å². The van der Waals surface area contributed by atoms with Crippen molar-refractivity contribution in [3.63, 3.8) is 0 Å². The number of hydrogen-bond acceptors (Lipinski definition) is 2. The lowest BCUT2D eigenvalue weighted by Crippen LogP contribution is -2.45. The third kappa shape index (κ3) is 2.58. The first-order valence-corrected chi connectivity index (χ1v) is 8.17. The van der Waals surface area contributed by atoms with Gasteiger partial charge in [-0.15, -0.1) is 0 Å². The molecule has 2 N–H and O–H groups in total. The molecule has 0 bridgehead atoms. The monoisotopic (exact) mass is 273 g/mol. The number of aryl methyl sites for hydroxylation is 1. The van der Waals surface area contributed by atoms with Crippen molar-refractivity contribution in [1.29, 1.82) is 0 Å². The highest BCUT2D eigenvalue weighted by molar-refractivity contribution is 5.41. The molecule has 3 rings (SSSR count). The second-order valence-corrected chi connectivity index (χ2v) is 6.87. The fourth-order valence-corrected chi connectivity index (χ4v) is 4.04. The summed E-state index contributed by atoms with van der Waals surface area (Å²) < 4.78 is 6.43. The molecule has 0 amide bonds. The summed E-state index contributed by atoms with van der Waals surface area (Å²) in [4.78, 5) is 0. The van der Waals surface area contributed by atoms with Crippen LogP contribution in [0, 0.1) is 12.8 Å². The van der Waals surface area contributed by atoms with Crippen LogP contribution in [0.1, 0.15) is 69.0 Å². The van der Waals surface area contributed by atoms with E-state index >= 15 is 0 Å². The second-order valence-electron chi connectivity index (χ2n) is 6.87. The summed E-state index contributed by atoms with van der Waals surface area (Å²) in [6.07, 6.45) is 8.64. The maximum atomic E-state index is 6.43. The molecule has 1 aliphatic carbocycles. The molecule has 20 heavy (non-hydrogen) atoms. The van der Waals surface area contributed by atoms with Crippen LogP contribution in [0.25, 0.3) is 0 Å². The van der Waals surface area contributed by atoms with Gasteiger partial charge in [0.15, 0.2) is 0 Å². The van der Waals surface area contributed by atoms with Crippen LogP contribution in [0.15, 0.2) is 18.2 Å². The summed E-state index contributed by atoms with van der Waals surface area (Å²) in [6, 6.07) is 6.58. The van der Waals surface area contributed by atoms with Crippen LogP contribution in [-0.4, -0.2) is 5.60 Å². The van der Waals surface area contributed by atoms with E-state index in [0.717, 1.165) is 18.1 Å². The lowest BCUT2D eigenvalue weighted by atomic mass is 9.72. The van der Waals surface area contributed by atoms with E-state index in [9.17, 15) is 0 Å². The van der Waals surface area contributed by atoms with E-state index in [-0.39, 0.29) is 11.6 Å². The van der Waals surface area contributed by atoms with Gasteiger partial charge in [0.2, 0.25) is 0 Å². The Morgan fingerprint density at radius 2 is 2.05 bits per heavy atom. The molecule has 2 nitrogen and oxygen atoms in total. The fourth-order valence-electron chi connectivity index (χ4n) is 4.04. The Hall–Kier alpha value is -1.02. The van der Waals surface area contributed by atoms with Gasteiger partial charge in [0.05, 0.1) is 0 Å². The molecule has 2 aliphatic rings. The molecule has 1 saturated carbocycles. The van der Waals surface area contributed by atoms with Crippen LogP contribution < -0.4 is 10.5 Å². The lowest BCUT2D eigenvalue weighted by Gasteiger charge is -2.45. The fraction of sp³-hybridized carbons (Fsp3) is 0.667. The Balaban J connectivity index is 1.76. The molecule has 1 aromatic carbocycles. The molecular formula is C18H27NO. The van der Waals surface area contributed by atoms with Crippen LogP contribution >= 0.6 is 0 Å². The number of hydrogen-bond donors (Lipinski definition) is 1. The summed E-state index contributed by atoms with van der Waals surface area (Å²) in [5.41, 5.74) is 8.92. The van der Waals surface area contributed by atoms with Crippen molar-refractivity contribution in [2.75, 3.05) is 0 Å². The van der Waals surface area contributed by atoms with Crippen LogP contribution in [0.4, 0.5) is 0 Å². The van der Waals surface area contributed by atoms with Gasteiger partial charge in [0.25, 0.3) is 0 Å². The highest BCUT2D eigenvalue weighted by Gasteiger charge is 2.42. The van der Waals surface area contributed by atoms with E-state index in [1.165, 1.54) is 49.7 Å². The quantitative estimate of drug-likeness (QED) is 0.860. The van der Waals surface area contributed by atoms with Crippen LogP contribution in [-0.2, 0) is 0 Å². The van der Waals surface area contributed by atoms with Gasteiger partial charge in [-0.05, 0) is 44.6 Å². The normalized spacial score (nSPS) is 32.8. The molecule has 0 unspecified atom stereocenters. The van der Waals surface area contributed by atoms with Gasteiger partial charge in [0, 0.05) is 18.0 Å². The SMILES string of the molecule is CCCC1CCC2(CC1)C[C@H](N)c1cc(C)ccc1O2. The summed E-state index contributed by atoms with van der Waals surface area (Å²) in [6.45, 7) is 4.41. The van der Waals surface area contributed by atoms with Crippen molar-refractivity contribution in [3.8, 4) is 5.75 Å². The van der Waals surface area contributed by atoms with Gasteiger partial charge in [-0.25, -0.2) is 0 Å². The van der Waals surface area contributed by atoms with E-state index in [4.69, 9.17) is 10.5 Å². The Kier molecular flexibility index (Phi) is 3.76. The summed E-state index contributed by atoms with van der Waals surface area (Å²) in [7, 11) is 0. The smallest absolute Gasteiger partial charge is 0.124 e. The minimum absolute atomic E-state index is 0.0198. The maximum Gasteiger partial charge on any atom is 0.124 e. The molecule has 110 valence electrons. The Morgan fingerprint density at radius 3 is 2.75 bits per heavy atom. The molecule has 1 aliphatic heterocycles.